The van der Waals surface area contributed by atoms with E-state index in [0.717, 1.165) is 0 Å². The Balaban J connectivity index is 2.95. The van der Waals surface area contributed by atoms with Gasteiger partial charge < -0.3 is 5.32 Å². The molecule has 0 atom stereocenters. The van der Waals surface area contributed by atoms with E-state index in [0.29, 0.717) is 12.5 Å². The second-order valence-corrected chi connectivity index (χ2v) is 8.85. The third-order valence-electron chi connectivity index (χ3n) is 3.72. The lowest BCUT2D eigenvalue weighted by molar-refractivity contribution is 0.0924. The number of rotatable bonds is 5. The Hall–Kier alpha value is -0.780. The van der Waals surface area contributed by atoms with Crippen LogP contribution in [-0.2, 0) is 9.05 Å². The van der Waals surface area contributed by atoms with E-state index in [-0.39, 0.29) is 26.8 Å². The van der Waals surface area contributed by atoms with Gasteiger partial charge in [0, 0.05) is 22.8 Å². The number of nitrogens with one attached hydrogen (secondary N) is 1. The minimum absolute atomic E-state index is 0.0101. The van der Waals surface area contributed by atoms with Crippen molar-refractivity contribution in [3.63, 3.8) is 0 Å². The lowest BCUT2D eigenvalue weighted by atomic mass is 9.81. The Labute approximate surface area is 135 Å². The van der Waals surface area contributed by atoms with Gasteiger partial charge in [-0.05, 0) is 29.5 Å². The van der Waals surface area contributed by atoms with E-state index in [1.54, 1.807) is 0 Å². The molecule has 118 valence electrons. The van der Waals surface area contributed by atoms with Gasteiger partial charge in [-0.2, -0.15) is 0 Å². The molecule has 1 aromatic rings. The van der Waals surface area contributed by atoms with Crippen molar-refractivity contribution in [2.75, 3.05) is 6.54 Å². The van der Waals surface area contributed by atoms with E-state index in [1.807, 2.05) is 0 Å². The first kappa shape index (κ1) is 18.3. The first-order valence-electron chi connectivity index (χ1n) is 6.47. The molecule has 1 N–H and O–H groups in total. The number of benzene rings is 1. The van der Waals surface area contributed by atoms with Crippen LogP contribution in [0.2, 0.25) is 5.02 Å². The van der Waals surface area contributed by atoms with Crippen molar-refractivity contribution in [1.82, 2.24) is 5.32 Å². The molecule has 0 aliphatic rings. The summed E-state index contributed by atoms with van der Waals surface area (Å²) in [4.78, 5) is 11.8. The zero-order valence-electron chi connectivity index (χ0n) is 12.4. The molecule has 0 aromatic heterocycles. The highest BCUT2D eigenvalue weighted by molar-refractivity contribution is 8.13. The molecule has 21 heavy (non-hydrogen) atoms. The summed E-state index contributed by atoms with van der Waals surface area (Å²) in [6.45, 7) is 8.73. The summed E-state index contributed by atoms with van der Waals surface area (Å²) in [5.41, 5.74) is 0.141. The van der Waals surface area contributed by atoms with Gasteiger partial charge in [0.1, 0.15) is 4.90 Å². The Kier molecular flexibility index (Phi) is 5.69. The third-order valence-corrected chi connectivity index (χ3v) is 5.53. The van der Waals surface area contributed by atoms with Crippen LogP contribution in [0.25, 0.3) is 0 Å². The first-order valence-corrected chi connectivity index (χ1v) is 9.16. The zero-order chi connectivity index (χ0) is 16.4. The minimum atomic E-state index is -3.99. The number of carbonyl (C=O) groups is 1. The van der Waals surface area contributed by atoms with E-state index in [1.165, 1.54) is 18.2 Å². The standard InChI is InChI=1S/C14H19Cl2NO3S/c1-9(2)14(3,4)8-17-13(18)10-5-6-11(15)12(7-10)21(16,19)20/h5-7,9H,8H2,1-4H3,(H,17,18). The zero-order valence-corrected chi connectivity index (χ0v) is 14.7. The summed E-state index contributed by atoms with van der Waals surface area (Å²) in [6.07, 6.45) is 0. The topological polar surface area (TPSA) is 63.2 Å². The van der Waals surface area contributed by atoms with Crippen LogP contribution in [0.1, 0.15) is 38.1 Å². The second-order valence-electron chi connectivity index (χ2n) is 5.91. The van der Waals surface area contributed by atoms with Crippen LogP contribution < -0.4 is 5.32 Å². The van der Waals surface area contributed by atoms with Crippen LogP contribution in [-0.4, -0.2) is 20.9 Å². The van der Waals surface area contributed by atoms with Crippen molar-refractivity contribution in [1.29, 1.82) is 0 Å². The number of halogens is 2. The highest BCUT2D eigenvalue weighted by Crippen LogP contribution is 2.27. The Morgan fingerprint density at radius 3 is 2.38 bits per heavy atom. The van der Waals surface area contributed by atoms with Crippen molar-refractivity contribution < 1.29 is 13.2 Å². The van der Waals surface area contributed by atoms with Crippen molar-refractivity contribution in [2.45, 2.75) is 32.6 Å². The molecule has 1 amide bonds. The van der Waals surface area contributed by atoms with Crippen LogP contribution in [0.5, 0.6) is 0 Å². The molecule has 0 fully saturated rings. The van der Waals surface area contributed by atoms with E-state index in [4.69, 9.17) is 22.3 Å². The van der Waals surface area contributed by atoms with Gasteiger partial charge in [-0.3, -0.25) is 4.79 Å². The molecule has 0 aliphatic carbocycles. The maximum Gasteiger partial charge on any atom is 0.262 e. The molecule has 7 heteroatoms. The average Bonchev–Trinajstić information content (AvgIpc) is 2.35. The summed E-state index contributed by atoms with van der Waals surface area (Å²) in [6, 6.07) is 3.99. The highest BCUT2D eigenvalue weighted by Gasteiger charge is 2.24. The fourth-order valence-corrected chi connectivity index (χ4v) is 2.94. The fourth-order valence-electron chi connectivity index (χ4n) is 1.45. The van der Waals surface area contributed by atoms with Crippen molar-refractivity contribution >= 4 is 37.2 Å². The van der Waals surface area contributed by atoms with Gasteiger partial charge in [-0.15, -0.1) is 0 Å². The van der Waals surface area contributed by atoms with Gasteiger partial charge in [0.15, 0.2) is 0 Å². The molecule has 0 spiro atoms. The summed E-state index contributed by atoms with van der Waals surface area (Å²) < 4.78 is 22.8. The molecule has 0 saturated heterocycles. The van der Waals surface area contributed by atoms with E-state index >= 15 is 0 Å². The summed E-state index contributed by atoms with van der Waals surface area (Å²) in [5.74, 6) is 0.0313. The molecule has 0 heterocycles. The predicted molar refractivity (Wildman–Crippen MR) is 85.4 cm³/mol. The molecule has 1 aromatic carbocycles. The third kappa shape index (κ3) is 4.87. The van der Waals surface area contributed by atoms with Gasteiger partial charge in [0.2, 0.25) is 0 Å². The lowest BCUT2D eigenvalue weighted by Gasteiger charge is -2.29. The van der Waals surface area contributed by atoms with Gasteiger partial charge in [0.25, 0.3) is 15.0 Å². The molecule has 4 nitrogen and oxygen atoms in total. The van der Waals surface area contributed by atoms with Crippen molar-refractivity contribution in [3.8, 4) is 0 Å². The summed E-state index contributed by atoms with van der Waals surface area (Å²) >= 11 is 5.78. The molecule has 0 unspecified atom stereocenters. The maximum absolute atomic E-state index is 12.1. The molecular formula is C14H19Cl2NO3S. The normalized spacial score (nSPS) is 12.5. The second kappa shape index (κ2) is 6.55. The summed E-state index contributed by atoms with van der Waals surface area (Å²) in [5, 5.41) is 2.79. The van der Waals surface area contributed by atoms with Crippen LogP contribution in [0.3, 0.4) is 0 Å². The molecular weight excluding hydrogens is 333 g/mol. The molecule has 0 aliphatic heterocycles. The quantitative estimate of drug-likeness (QED) is 0.823. The smallest absolute Gasteiger partial charge is 0.262 e. The average molecular weight is 352 g/mol. The molecule has 0 saturated carbocycles. The van der Waals surface area contributed by atoms with E-state index in [2.05, 4.69) is 33.0 Å². The van der Waals surface area contributed by atoms with E-state index in [9.17, 15) is 13.2 Å². The Morgan fingerprint density at radius 1 is 1.33 bits per heavy atom. The molecule has 0 bridgehead atoms. The highest BCUT2D eigenvalue weighted by atomic mass is 35.7. The largest absolute Gasteiger partial charge is 0.351 e. The van der Waals surface area contributed by atoms with Crippen LogP contribution in [0.15, 0.2) is 23.1 Å². The van der Waals surface area contributed by atoms with Crippen LogP contribution in [0, 0.1) is 11.3 Å². The first-order chi connectivity index (χ1) is 9.45. The van der Waals surface area contributed by atoms with E-state index < -0.39 is 9.05 Å². The number of hydrogen-bond acceptors (Lipinski definition) is 3. The van der Waals surface area contributed by atoms with Crippen molar-refractivity contribution in [3.05, 3.63) is 28.8 Å². The van der Waals surface area contributed by atoms with Crippen LogP contribution >= 0.6 is 22.3 Å². The van der Waals surface area contributed by atoms with Crippen LogP contribution in [0.4, 0.5) is 0 Å². The fraction of sp³-hybridized carbons (Fsp3) is 0.500. The number of carbonyl (C=O) groups excluding carboxylic acids is 1. The Morgan fingerprint density at radius 2 is 1.90 bits per heavy atom. The monoisotopic (exact) mass is 351 g/mol. The SMILES string of the molecule is CC(C)C(C)(C)CNC(=O)c1ccc(Cl)c(S(=O)(=O)Cl)c1. The van der Waals surface area contributed by atoms with Gasteiger partial charge in [0.05, 0.1) is 5.02 Å². The van der Waals surface area contributed by atoms with Gasteiger partial charge in [-0.1, -0.05) is 39.3 Å². The predicted octanol–water partition coefficient (Wildman–Crippen LogP) is 3.68. The van der Waals surface area contributed by atoms with Gasteiger partial charge in [-0.25, -0.2) is 8.42 Å². The maximum atomic E-state index is 12.1. The van der Waals surface area contributed by atoms with Gasteiger partial charge >= 0.3 is 0 Å². The van der Waals surface area contributed by atoms with Crippen molar-refractivity contribution in [2.24, 2.45) is 11.3 Å². The number of hydrogen-bond donors (Lipinski definition) is 1. The lowest BCUT2D eigenvalue weighted by Crippen LogP contribution is -2.37. The Bertz CT molecular complexity index is 640. The minimum Gasteiger partial charge on any atom is -0.351 e. The molecule has 1 rings (SSSR count). The number of amides is 1. The summed E-state index contributed by atoms with van der Waals surface area (Å²) in [7, 11) is 1.30. The molecule has 0 radical (unpaired) electrons.